The molecule has 1 saturated heterocycles. The molecule has 1 aliphatic rings. The highest BCUT2D eigenvalue weighted by Crippen LogP contribution is 2.15. The first-order chi connectivity index (χ1) is 6.29. The van der Waals surface area contributed by atoms with Crippen molar-refractivity contribution in [2.24, 2.45) is 0 Å². The molecule has 1 fully saturated rings. The van der Waals surface area contributed by atoms with Gasteiger partial charge in [-0.3, -0.25) is 4.90 Å². The third-order valence-electron chi connectivity index (χ3n) is 2.83. The first-order valence-electron chi connectivity index (χ1n) is 5.09. The molecule has 0 saturated carbocycles. The molecule has 0 aromatic rings. The number of ether oxygens (including phenoxy) is 2. The van der Waals surface area contributed by atoms with Crippen LogP contribution in [0.3, 0.4) is 0 Å². The van der Waals surface area contributed by atoms with E-state index < -0.39 is 0 Å². The van der Waals surface area contributed by atoms with Gasteiger partial charge in [0, 0.05) is 14.2 Å². The summed E-state index contributed by atoms with van der Waals surface area (Å²) in [5.74, 6) is 0. The molecule has 0 N–H and O–H groups in total. The Labute approximate surface area is 81.0 Å². The average molecular weight is 187 g/mol. The van der Waals surface area contributed by atoms with Crippen LogP contribution in [0.5, 0.6) is 0 Å². The van der Waals surface area contributed by atoms with Gasteiger partial charge < -0.3 is 9.47 Å². The number of likely N-dealkylation sites (tertiary alicyclic amines) is 1. The summed E-state index contributed by atoms with van der Waals surface area (Å²) in [6.07, 6.45) is 3.90. The summed E-state index contributed by atoms with van der Waals surface area (Å²) in [5, 5.41) is 0. The molecule has 1 heterocycles. The van der Waals surface area contributed by atoms with E-state index in [2.05, 4.69) is 11.8 Å². The average Bonchev–Trinajstić information content (AvgIpc) is 2.21. The van der Waals surface area contributed by atoms with Crippen molar-refractivity contribution < 1.29 is 9.47 Å². The largest absolute Gasteiger partial charge is 0.354 e. The maximum absolute atomic E-state index is 5.25. The highest BCUT2D eigenvalue weighted by molar-refractivity contribution is 4.73. The smallest absolute Gasteiger partial charge is 0.171 e. The van der Waals surface area contributed by atoms with Gasteiger partial charge in [0.25, 0.3) is 0 Å². The van der Waals surface area contributed by atoms with Crippen molar-refractivity contribution in [3.8, 4) is 0 Å². The highest BCUT2D eigenvalue weighted by atomic mass is 16.7. The molecule has 0 spiro atoms. The van der Waals surface area contributed by atoms with Crippen LogP contribution in [0.4, 0.5) is 0 Å². The lowest BCUT2D eigenvalue weighted by molar-refractivity contribution is -0.144. The topological polar surface area (TPSA) is 21.7 Å². The normalized spacial score (nSPS) is 22.2. The van der Waals surface area contributed by atoms with Gasteiger partial charge in [0.15, 0.2) is 6.29 Å². The summed E-state index contributed by atoms with van der Waals surface area (Å²) in [4.78, 5) is 2.45. The lowest BCUT2D eigenvalue weighted by Gasteiger charge is -2.35. The van der Waals surface area contributed by atoms with E-state index in [-0.39, 0.29) is 6.29 Å². The second kappa shape index (κ2) is 5.58. The van der Waals surface area contributed by atoms with Crippen LogP contribution >= 0.6 is 0 Å². The SMILES string of the molecule is COC(OC)C(C)N1CCCCC1. The third-order valence-corrected chi connectivity index (χ3v) is 2.83. The van der Waals surface area contributed by atoms with Crippen LogP contribution < -0.4 is 0 Å². The fraction of sp³-hybridized carbons (Fsp3) is 1.00. The Hall–Kier alpha value is -0.120. The molecule has 0 radical (unpaired) electrons. The van der Waals surface area contributed by atoms with E-state index in [9.17, 15) is 0 Å². The fourth-order valence-electron chi connectivity index (χ4n) is 1.99. The first-order valence-corrected chi connectivity index (χ1v) is 5.09. The maximum atomic E-state index is 5.25. The minimum atomic E-state index is -0.0851. The van der Waals surface area contributed by atoms with Crippen molar-refractivity contribution >= 4 is 0 Å². The van der Waals surface area contributed by atoms with Crippen LogP contribution in [0, 0.1) is 0 Å². The number of nitrogens with zero attached hydrogens (tertiary/aromatic N) is 1. The number of hydrogen-bond donors (Lipinski definition) is 0. The molecule has 3 heteroatoms. The Bertz CT molecular complexity index is 131. The molecule has 3 nitrogen and oxygen atoms in total. The predicted octanol–water partition coefficient (Wildman–Crippen LogP) is 1.48. The summed E-state index contributed by atoms with van der Waals surface area (Å²) in [6.45, 7) is 4.54. The van der Waals surface area contributed by atoms with Gasteiger partial charge in [-0.25, -0.2) is 0 Å². The summed E-state index contributed by atoms with van der Waals surface area (Å²) in [7, 11) is 3.41. The number of hydrogen-bond acceptors (Lipinski definition) is 3. The summed E-state index contributed by atoms with van der Waals surface area (Å²) in [6, 6.07) is 0.371. The highest BCUT2D eigenvalue weighted by Gasteiger charge is 2.24. The van der Waals surface area contributed by atoms with Crippen LogP contribution in [-0.4, -0.2) is 44.5 Å². The van der Waals surface area contributed by atoms with Crippen LogP contribution in [0.25, 0.3) is 0 Å². The van der Waals surface area contributed by atoms with Gasteiger partial charge >= 0.3 is 0 Å². The molecule has 78 valence electrons. The van der Waals surface area contributed by atoms with E-state index in [1.165, 1.54) is 32.4 Å². The molecule has 0 bridgehead atoms. The lowest BCUT2D eigenvalue weighted by atomic mass is 10.1. The van der Waals surface area contributed by atoms with Crippen LogP contribution in [0.2, 0.25) is 0 Å². The van der Waals surface area contributed by atoms with E-state index in [4.69, 9.17) is 9.47 Å². The molecule has 0 aromatic heterocycles. The number of methoxy groups -OCH3 is 2. The van der Waals surface area contributed by atoms with Gasteiger partial charge in [-0.05, 0) is 32.9 Å². The van der Waals surface area contributed by atoms with Crippen molar-refractivity contribution in [1.82, 2.24) is 4.90 Å². The lowest BCUT2D eigenvalue weighted by Crippen LogP contribution is -2.45. The van der Waals surface area contributed by atoms with E-state index in [1.807, 2.05) is 0 Å². The molecule has 13 heavy (non-hydrogen) atoms. The van der Waals surface area contributed by atoms with Gasteiger partial charge in [-0.15, -0.1) is 0 Å². The second-order valence-corrected chi connectivity index (χ2v) is 3.68. The van der Waals surface area contributed by atoms with E-state index in [0.29, 0.717) is 6.04 Å². The molecular weight excluding hydrogens is 166 g/mol. The minimum absolute atomic E-state index is 0.0851. The van der Waals surface area contributed by atoms with Crippen molar-refractivity contribution in [3.05, 3.63) is 0 Å². The monoisotopic (exact) mass is 187 g/mol. The van der Waals surface area contributed by atoms with Gasteiger partial charge in [-0.2, -0.15) is 0 Å². The Balaban J connectivity index is 2.38. The molecule has 1 rings (SSSR count). The van der Waals surface area contributed by atoms with Crippen molar-refractivity contribution in [3.63, 3.8) is 0 Å². The van der Waals surface area contributed by atoms with E-state index in [1.54, 1.807) is 14.2 Å². The minimum Gasteiger partial charge on any atom is -0.354 e. The Morgan fingerprint density at radius 3 is 2.00 bits per heavy atom. The predicted molar refractivity (Wildman–Crippen MR) is 52.7 cm³/mol. The quantitative estimate of drug-likeness (QED) is 0.622. The Morgan fingerprint density at radius 2 is 1.54 bits per heavy atom. The maximum Gasteiger partial charge on any atom is 0.171 e. The molecule has 1 aliphatic heterocycles. The summed E-state index contributed by atoms with van der Waals surface area (Å²) >= 11 is 0. The standard InChI is InChI=1S/C10H21NO2/c1-9(10(12-2)13-3)11-7-5-4-6-8-11/h9-10H,4-8H2,1-3H3. The Morgan fingerprint density at radius 1 is 1.00 bits per heavy atom. The zero-order valence-corrected chi connectivity index (χ0v) is 8.95. The number of piperidine rings is 1. The van der Waals surface area contributed by atoms with Crippen molar-refractivity contribution in [1.29, 1.82) is 0 Å². The van der Waals surface area contributed by atoms with Gasteiger partial charge in [0.05, 0.1) is 6.04 Å². The fourth-order valence-corrected chi connectivity index (χ4v) is 1.99. The van der Waals surface area contributed by atoms with Crippen LogP contribution in [-0.2, 0) is 9.47 Å². The van der Waals surface area contributed by atoms with Crippen molar-refractivity contribution in [2.45, 2.75) is 38.5 Å². The van der Waals surface area contributed by atoms with E-state index in [0.717, 1.165) is 0 Å². The number of rotatable bonds is 4. The second-order valence-electron chi connectivity index (χ2n) is 3.68. The van der Waals surface area contributed by atoms with Gasteiger partial charge in [-0.1, -0.05) is 6.42 Å². The summed E-state index contributed by atoms with van der Waals surface area (Å²) in [5.41, 5.74) is 0. The summed E-state index contributed by atoms with van der Waals surface area (Å²) < 4.78 is 10.5. The van der Waals surface area contributed by atoms with Gasteiger partial charge in [0.2, 0.25) is 0 Å². The first kappa shape index (κ1) is 11.0. The third kappa shape index (κ3) is 2.93. The molecule has 1 unspecified atom stereocenters. The zero-order valence-electron chi connectivity index (χ0n) is 8.95. The molecular formula is C10H21NO2. The Kier molecular flexibility index (Phi) is 4.70. The van der Waals surface area contributed by atoms with Crippen molar-refractivity contribution in [2.75, 3.05) is 27.3 Å². The van der Waals surface area contributed by atoms with Crippen LogP contribution in [0.1, 0.15) is 26.2 Å². The zero-order chi connectivity index (χ0) is 9.68. The van der Waals surface area contributed by atoms with Gasteiger partial charge in [0.1, 0.15) is 0 Å². The molecule has 1 atom stereocenters. The molecule has 0 aliphatic carbocycles. The molecule has 0 amide bonds. The van der Waals surface area contributed by atoms with Crippen LogP contribution in [0.15, 0.2) is 0 Å². The molecule has 0 aromatic carbocycles. The van der Waals surface area contributed by atoms with E-state index >= 15 is 0 Å².